The summed E-state index contributed by atoms with van der Waals surface area (Å²) in [6, 6.07) is 10.00. The minimum absolute atomic E-state index is 0.634. The van der Waals surface area contributed by atoms with E-state index < -0.39 is 5.60 Å². The Kier molecular flexibility index (Phi) is 4.96. The highest BCUT2D eigenvalue weighted by Gasteiger charge is 2.23. The topological polar surface area (TPSA) is 38.7 Å². The van der Waals surface area contributed by atoms with E-state index in [4.69, 9.17) is 12.2 Å². The lowest BCUT2D eigenvalue weighted by Gasteiger charge is -2.38. The molecule has 4 nitrogen and oxygen atoms in total. The average molecular weight is 293 g/mol. The Morgan fingerprint density at radius 2 is 1.80 bits per heavy atom. The first kappa shape index (κ1) is 15.2. The molecule has 0 amide bonds. The highest BCUT2D eigenvalue weighted by Crippen LogP contribution is 2.11. The minimum Gasteiger partial charge on any atom is -0.389 e. The van der Waals surface area contributed by atoms with E-state index in [2.05, 4.69) is 15.1 Å². The number of nitrogens with zero attached hydrogens (tertiary/aromatic N) is 2. The van der Waals surface area contributed by atoms with E-state index in [9.17, 15) is 5.11 Å². The first-order valence-corrected chi connectivity index (χ1v) is 7.40. The molecule has 1 aromatic carbocycles. The molecule has 2 N–H and O–H groups in total. The molecule has 1 aliphatic rings. The number of hydrogen-bond donors (Lipinski definition) is 2. The molecule has 0 spiro atoms. The lowest BCUT2D eigenvalue weighted by Crippen LogP contribution is -2.52. The van der Waals surface area contributed by atoms with Crippen LogP contribution in [0.2, 0.25) is 0 Å². The van der Waals surface area contributed by atoms with Crippen molar-refractivity contribution in [3.05, 3.63) is 30.3 Å². The zero-order valence-electron chi connectivity index (χ0n) is 12.2. The molecule has 0 atom stereocenters. The number of β-amino-alcohol motifs (C(OH)–C–C–N with tert-alkyl or cyclic N) is 1. The van der Waals surface area contributed by atoms with Gasteiger partial charge in [0.15, 0.2) is 5.11 Å². The standard InChI is InChI=1S/C15H23N3OS/c1-15(2,19)12-17-8-10-18(11-9-17)14(20)16-13-6-4-3-5-7-13/h3-7,19H,8-12H2,1-2H3,(H,16,20). The van der Waals surface area contributed by atoms with Gasteiger partial charge in [0.25, 0.3) is 0 Å². The van der Waals surface area contributed by atoms with Gasteiger partial charge in [-0.2, -0.15) is 0 Å². The summed E-state index contributed by atoms with van der Waals surface area (Å²) < 4.78 is 0. The van der Waals surface area contributed by atoms with Gasteiger partial charge in [-0.15, -0.1) is 0 Å². The predicted molar refractivity (Wildman–Crippen MR) is 87.0 cm³/mol. The highest BCUT2D eigenvalue weighted by molar-refractivity contribution is 7.80. The molecule has 1 heterocycles. The first-order valence-electron chi connectivity index (χ1n) is 7.00. The molecule has 1 saturated heterocycles. The molecule has 0 unspecified atom stereocenters. The maximum Gasteiger partial charge on any atom is 0.173 e. The third kappa shape index (κ3) is 4.74. The van der Waals surface area contributed by atoms with Gasteiger partial charge in [-0.25, -0.2) is 0 Å². The zero-order chi connectivity index (χ0) is 14.6. The number of para-hydroxylation sites is 1. The van der Waals surface area contributed by atoms with Crippen LogP contribution in [0, 0.1) is 0 Å². The lowest BCUT2D eigenvalue weighted by molar-refractivity contribution is 0.0253. The van der Waals surface area contributed by atoms with Gasteiger partial charge in [-0.3, -0.25) is 4.90 Å². The van der Waals surface area contributed by atoms with Gasteiger partial charge < -0.3 is 15.3 Å². The summed E-state index contributed by atoms with van der Waals surface area (Å²) in [5, 5.41) is 13.9. The summed E-state index contributed by atoms with van der Waals surface area (Å²) in [4.78, 5) is 4.46. The largest absolute Gasteiger partial charge is 0.389 e. The van der Waals surface area contributed by atoms with E-state index in [-0.39, 0.29) is 0 Å². The van der Waals surface area contributed by atoms with Crippen LogP contribution in [0.3, 0.4) is 0 Å². The molecule has 1 aliphatic heterocycles. The number of piperazine rings is 1. The van der Waals surface area contributed by atoms with Crippen LogP contribution < -0.4 is 5.32 Å². The van der Waals surface area contributed by atoms with Crippen molar-refractivity contribution in [2.75, 3.05) is 38.0 Å². The second-order valence-electron chi connectivity index (χ2n) is 5.87. The normalized spacial score (nSPS) is 17.1. The number of thiocarbonyl (C=S) groups is 1. The van der Waals surface area contributed by atoms with Gasteiger partial charge >= 0.3 is 0 Å². The summed E-state index contributed by atoms with van der Waals surface area (Å²) in [7, 11) is 0. The van der Waals surface area contributed by atoms with Gasteiger partial charge in [0, 0.05) is 38.4 Å². The Hall–Kier alpha value is -1.17. The Morgan fingerprint density at radius 3 is 2.35 bits per heavy atom. The number of rotatable bonds is 3. The molecule has 20 heavy (non-hydrogen) atoms. The van der Waals surface area contributed by atoms with Crippen molar-refractivity contribution in [3.63, 3.8) is 0 Å². The Morgan fingerprint density at radius 1 is 1.20 bits per heavy atom. The van der Waals surface area contributed by atoms with Crippen LogP contribution in [0.25, 0.3) is 0 Å². The molecule has 0 saturated carbocycles. The summed E-state index contributed by atoms with van der Waals surface area (Å²) in [6.45, 7) is 8.06. The molecule has 5 heteroatoms. The van der Waals surface area contributed by atoms with E-state index in [0.717, 1.165) is 37.0 Å². The monoisotopic (exact) mass is 293 g/mol. The third-order valence-corrected chi connectivity index (χ3v) is 3.66. The summed E-state index contributed by atoms with van der Waals surface area (Å²) in [5.74, 6) is 0. The lowest BCUT2D eigenvalue weighted by atomic mass is 10.1. The SMILES string of the molecule is CC(C)(O)CN1CCN(C(=S)Nc2ccccc2)CC1. The van der Waals surface area contributed by atoms with E-state index >= 15 is 0 Å². The average Bonchev–Trinajstić information content (AvgIpc) is 2.39. The maximum atomic E-state index is 9.85. The van der Waals surface area contributed by atoms with Crippen molar-refractivity contribution < 1.29 is 5.11 Å². The first-order chi connectivity index (χ1) is 9.44. The third-order valence-electron chi connectivity index (χ3n) is 3.30. The Labute approximate surface area is 126 Å². The molecule has 0 aliphatic carbocycles. The molecular formula is C15H23N3OS. The van der Waals surface area contributed by atoms with Crippen LogP contribution in [0.15, 0.2) is 30.3 Å². The van der Waals surface area contributed by atoms with Gasteiger partial charge in [0.2, 0.25) is 0 Å². The Balaban J connectivity index is 1.80. The van der Waals surface area contributed by atoms with Crippen LogP contribution in [0.1, 0.15) is 13.8 Å². The van der Waals surface area contributed by atoms with E-state index in [1.165, 1.54) is 0 Å². The van der Waals surface area contributed by atoms with Crippen LogP contribution in [0.4, 0.5) is 5.69 Å². The second-order valence-corrected chi connectivity index (χ2v) is 6.26. The van der Waals surface area contributed by atoms with Crippen LogP contribution >= 0.6 is 12.2 Å². The van der Waals surface area contributed by atoms with Crippen molar-refractivity contribution in [2.24, 2.45) is 0 Å². The molecule has 0 radical (unpaired) electrons. The smallest absolute Gasteiger partial charge is 0.173 e. The minimum atomic E-state index is -0.634. The zero-order valence-corrected chi connectivity index (χ0v) is 13.0. The molecule has 110 valence electrons. The summed E-state index contributed by atoms with van der Waals surface area (Å²) in [5.41, 5.74) is 0.391. The van der Waals surface area contributed by atoms with Crippen molar-refractivity contribution in [3.8, 4) is 0 Å². The molecule has 2 rings (SSSR count). The summed E-state index contributed by atoms with van der Waals surface area (Å²) in [6.07, 6.45) is 0. The van der Waals surface area contributed by atoms with Crippen LogP contribution in [0.5, 0.6) is 0 Å². The number of aliphatic hydroxyl groups is 1. The molecule has 1 aromatic rings. The van der Waals surface area contributed by atoms with E-state index in [0.29, 0.717) is 6.54 Å². The predicted octanol–water partition coefficient (Wildman–Crippen LogP) is 1.77. The fourth-order valence-corrected chi connectivity index (χ4v) is 2.68. The second kappa shape index (κ2) is 6.52. The molecule has 0 bridgehead atoms. The molecular weight excluding hydrogens is 270 g/mol. The van der Waals surface area contributed by atoms with Crippen molar-refractivity contribution >= 4 is 23.0 Å². The fourth-order valence-electron chi connectivity index (χ4n) is 2.38. The quantitative estimate of drug-likeness (QED) is 0.831. The van der Waals surface area contributed by atoms with Gasteiger partial charge in [0.1, 0.15) is 0 Å². The van der Waals surface area contributed by atoms with Gasteiger partial charge in [-0.1, -0.05) is 18.2 Å². The van der Waals surface area contributed by atoms with E-state index in [1.54, 1.807) is 0 Å². The van der Waals surface area contributed by atoms with Crippen LogP contribution in [-0.2, 0) is 0 Å². The van der Waals surface area contributed by atoms with Crippen molar-refractivity contribution in [2.45, 2.75) is 19.4 Å². The van der Waals surface area contributed by atoms with Crippen LogP contribution in [-0.4, -0.2) is 58.3 Å². The Bertz CT molecular complexity index is 436. The van der Waals surface area contributed by atoms with E-state index in [1.807, 2.05) is 44.2 Å². The highest BCUT2D eigenvalue weighted by atomic mass is 32.1. The maximum absolute atomic E-state index is 9.85. The van der Waals surface area contributed by atoms with Gasteiger partial charge in [0.05, 0.1) is 5.60 Å². The van der Waals surface area contributed by atoms with Crippen molar-refractivity contribution in [1.29, 1.82) is 0 Å². The molecule has 1 fully saturated rings. The number of benzene rings is 1. The number of nitrogens with one attached hydrogen (secondary N) is 1. The van der Waals surface area contributed by atoms with Gasteiger partial charge in [-0.05, 0) is 38.2 Å². The number of hydrogen-bond acceptors (Lipinski definition) is 3. The fraction of sp³-hybridized carbons (Fsp3) is 0.533. The summed E-state index contributed by atoms with van der Waals surface area (Å²) >= 11 is 5.45. The number of anilines is 1. The molecule has 0 aromatic heterocycles. The van der Waals surface area contributed by atoms with Crippen molar-refractivity contribution in [1.82, 2.24) is 9.80 Å².